The Bertz CT molecular complexity index is 373. The van der Waals surface area contributed by atoms with Crippen molar-refractivity contribution in [3.8, 4) is 0 Å². The highest BCUT2D eigenvalue weighted by atomic mass is 16.6. The Morgan fingerprint density at radius 2 is 1.40 bits per heavy atom. The third-order valence-corrected chi connectivity index (χ3v) is 4.43. The molecule has 20 heavy (non-hydrogen) atoms. The number of carboxylic acids is 2. The van der Waals surface area contributed by atoms with Crippen molar-refractivity contribution in [2.45, 2.75) is 70.4 Å². The molecule has 2 aliphatic heterocycles. The van der Waals surface area contributed by atoms with Gasteiger partial charge in [0.25, 0.3) is 0 Å². The summed E-state index contributed by atoms with van der Waals surface area (Å²) in [6.45, 7) is 3.87. The van der Waals surface area contributed by atoms with Crippen LogP contribution in [0.25, 0.3) is 0 Å². The topological polar surface area (TPSA) is 99.7 Å². The van der Waals surface area contributed by atoms with Crippen molar-refractivity contribution in [2.24, 2.45) is 5.41 Å². The van der Waals surface area contributed by atoms with Gasteiger partial charge < -0.3 is 19.7 Å². The Kier molecular flexibility index (Phi) is 4.34. The van der Waals surface area contributed by atoms with Crippen molar-refractivity contribution >= 4 is 11.9 Å². The van der Waals surface area contributed by atoms with Crippen LogP contribution in [0.4, 0.5) is 0 Å². The van der Waals surface area contributed by atoms with Crippen LogP contribution in [0.5, 0.6) is 0 Å². The average Bonchev–Trinajstić information content (AvgIpc) is 3.22. The summed E-state index contributed by atoms with van der Waals surface area (Å²) >= 11 is 0. The molecule has 2 N–H and O–H groups in total. The van der Waals surface area contributed by atoms with Gasteiger partial charge in [0.2, 0.25) is 0 Å². The maximum atomic E-state index is 11.6. The molecule has 2 saturated heterocycles. The lowest BCUT2D eigenvalue weighted by molar-refractivity contribution is -0.157. The summed E-state index contributed by atoms with van der Waals surface area (Å²) in [5.74, 6) is -2.09. The molecule has 0 aliphatic carbocycles. The van der Waals surface area contributed by atoms with Crippen LogP contribution in [-0.4, -0.2) is 46.6 Å². The third kappa shape index (κ3) is 3.70. The van der Waals surface area contributed by atoms with E-state index in [0.29, 0.717) is 25.7 Å². The molecule has 114 valence electrons. The molecule has 6 heteroatoms. The number of epoxide rings is 2. The van der Waals surface area contributed by atoms with Gasteiger partial charge in [-0.25, -0.2) is 0 Å². The molecule has 0 aromatic heterocycles. The Balaban J connectivity index is 1.97. The molecule has 2 rings (SSSR count). The number of carbonyl (C=O) groups is 2. The highest BCUT2D eigenvalue weighted by Gasteiger charge is 2.45. The van der Waals surface area contributed by atoms with Crippen molar-refractivity contribution in [2.75, 3.05) is 0 Å². The van der Waals surface area contributed by atoms with Crippen LogP contribution in [0.1, 0.15) is 46.0 Å². The second-order valence-corrected chi connectivity index (χ2v) is 5.99. The molecule has 0 aromatic rings. The van der Waals surface area contributed by atoms with Crippen LogP contribution in [-0.2, 0) is 19.1 Å². The molecule has 2 heterocycles. The summed E-state index contributed by atoms with van der Waals surface area (Å²) in [5.41, 5.74) is -1.21. The maximum absolute atomic E-state index is 11.6. The summed E-state index contributed by atoms with van der Waals surface area (Å²) in [4.78, 5) is 22.7. The Hall–Kier alpha value is -1.14. The van der Waals surface area contributed by atoms with E-state index in [0.717, 1.165) is 0 Å². The van der Waals surface area contributed by atoms with Gasteiger partial charge >= 0.3 is 11.9 Å². The minimum atomic E-state index is -1.21. The van der Waals surface area contributed by atoms with E-state index >= 15 is 0 Å². The van der Waals surface area contributed by atoms with E-state index in [9.17, 15) is 14.7 Å². The molecule has 0 saturated carbocycles. The summed E-state index contributed by atoms with van der Waals surface area (Å²) in [7, 11) is 0. The van der Waals surface area contributed by atoms with E-state index < -0.39 is 17.4 Å². The number of hydrogen-bond acceptors (Lipinski definition) is 4. The zero-order chi connectivity index (χ0) is 14.9. The van der Waals surface area contributed by atoms with E-state index in [-0.39, 0.29) is 30.8 Å². The average molecular weight is 286 g/mol. The fourth-order valence-corrected chi connectivity index (χ4v) is 2.78. The third-order valence-electron chi connectivity index (χ3n) is 4.43. The Morgan fingerprint density at radius 3 is 1.65 bits per heavy atom. The van der Waals surface area contributed by atoms with Crippen LogP contribution in [0, 0.1) is 5.41 Å². The van der Waals surface area contributed by atoms with Crippen molar-refractivity contribution in [1.29, 1.82) is 0 Å². The minimum absolute atomic E-state index is 0.0821. The molecule has 0 bridgehead atoms. The Labute approximate surface area is 118 Å². The highest BCUT2D eigenvalue weighted by molar-refractivity contribution is 5.81. The smallest absolute Gasteiger partial charge is 0.310 e. The van der Waals surface area contributed by atoms with Gasteiger partial charge in [-0.05, 0) is 39.5 Å². The first-order valence-corrected chi connectivity index (χ1v) is 7.10. The summed E-state index contributed by atoms with van der Waals surface area (Å²) < 4.78 is 10.6. The second kappa shape index (κ2) is 5.69. The first kappa shape index (κ1) is 15.3. The minimum Gasteiger partial charge on any atom is -0.481 e. The molecular formula is C14H22O6. The van der Waals surface area contributed by atoms with Gasteiger partial charge in [-0.3, -0.25) is 9.59 Å². The number of carboxylic acid groups (broad SMARTS) is 2. The predicted molar refractivity (Wildman–Crippen MR) is 69.5 cm³/mol. The van der Waals surface area contributed by atoms with E-state index in [4.69, 9.17) is 14.6 Å². The molecular weight excluding hydrogens is 264 g/mol. The van der Waals surface area contributed by atoms with Gasteiger partial charge in [-0.2, -0.15) is 0 Å². The van der Waals surface area contributed by atoms with E-state index in [1.165, 1.54) is 0 Å². The largest absolute Gasteiger partial charge is 0.481 e. The first-order valence-electron chi connectivity index (χ1n) is 7.10. The quantitative estimate of drug-likeness (QED) is 0.625. The van der Waals surface area contributed by atoms with Crippen LogP contribution in [0.15, 0.2) is 0 Å². The van der Waals surface area contributed by atoms with Crippen molar-refractivity contribution in [1.82, 2.24) is 0 Å². The second-order valence-electron chi connectivity index (χ2n) is 5.99. The zero-order valence-electron chi connectivity index (χ0n) is 11.9. The first-order chi connectivity index (χ1) is 9.34. The molecule has 4 atom stereocenters. The molecule has 4 unspecified atom stereocenters. The summed E-state index contributed by atoms with van der Waals surface area (Å²) in [6.07, 6.45) is 2.03. The van der Waals surface area contributed by atoms with Gasteiger partial charge in [0.15, 0.2) is 0 Å². The van der Waals surface area contributed by atoms with Crippen molar-refractivity contribution in [3.05, 3.63) is 0 Å². The number of aliphatic carboxylic acids is 2. The summed E-state index contributed by atoms with van der Waals surface area (Å²) in [5, 5.41) is 18.6. The van der Waals surface area contributed by atoms with Crippen LogP contribution >= 0.6 is 0 Å². The van der Waals surface area contributed by atoms with E-state index in [2.05, 4.69) is 0 Å². The van der Waals surface area contributed by atoms with Crippen LogP contribution < -0.4 is 0 Å². The number of ether oxygens (including phenoxy) is 2. The fraction of sp³-hybridized carbons (Fsp3) is 0.857. The zero-order valence-corrected chi connectivity index (χ0v) is 11.9. The van der Waals surface area contributed by atoms with Crippen LogP contribution in [0.3, 0.4) is 0 Å². The monoisotopic (exact) mass is 286 g/mol. The normalized spacial score (nSPS) is 34.3. The van der Waals surface area contributed by atoms with Gasteiger partial charge in [-0.1, -0.05) is 0 Å². The van der Waals surface area contributed by atoms with Gasteiger partial charge in [-0.15, -0.1) is 0 Å². The SMILES string of the molecule is CC1OC1CCC(CCC1OC1C)(CC(=O)O)C(=O)O. The molecule has 2 fully saturated rings. The number of hydrogen-bond donors (Lipinski definition) is 2. The fourth-order valence-electron chi connectivity index (χ4n) is 2.78. The lowest BCUT2D eigenvalue weighted by Crippen LogP contribution is -2.34. The van der Waals surface area contributed by atoms with Gasteiger partial charge in [0.05, 0.1) is 36.3 Å². The van der Waals surface area contributed by atoms with Crippen molar-refractivity contribution in [3.63, 3.8) is 0 Å². The molecule has 2 aliphatic rings. The molecule has 0 spiro atoms. The van der Waals surface area contributed by atoms with Crippen LogP contribution in [0.2, 0.25) is 0 Å². The molecule has 0 aromatic carbocycles. The maximum Gasteiger partial charge on any atom is 0.310 e. The number of rotatable bonds is 9. The lowest BCUT2D eigenvalue weighted by atomic mass is 9.75. The lowest BCUT2D eigenvalue weighted by Gasteiger charge is -2.27. The van der Waals surface area contributed by atoms with Gasteiger partial charge in [0.1, 0.15) is 0 Å². The van der Waals surface area contributed by atoms with Crippen molar-refractivity contribution < 1.29 is 29.3 Å². The predicted octanol–water partition coefficient (Wildman–Crippen LogP) is 1.67. The van der Waals surface area contributed by atoms with E-state index in [1.807, 2.05) is 13.8 Å². The molecule has 0 radical (unpaired) electrons. The highest BCUT2D eigenvalue weighted by Crippen LogP contribution is 2.40. The van der Waals surface area contributed by atoms with Gasteiger partial charge in [0, 0.05) is 0 Å². The molecule has 0 amide bonds. The molecule has 6 nitrogen and oxygen atoms in total. The summed E-state index contributed by atoms with van der Waals surface area (Å²) in [6, 6.07) is 0. The Morgan fingerprint density at radius 1 is 1.00 bits per heavy atom. The standard InChI is InChI=1S/C14H22O6/c1-8-10(19-8)3-5-14(13(17)18,7-12(15)16)6-4-11-9(2)20-11/h8-11H,3-7H2,1-2H3,(H,15,16)(H,17,18). The van der Waals surface area contributed by atoms with E-state index in [1.54, 1.807) is 0 Å².